The molecule has 1 aliphatic rings. The highest BCUT2D eigenvalue weighted by molar-refractivity contribution is 8.14. The molecule has 1 heterocycles. The third-order valence-electron chi connectivity index (χ3n) is 2.62. The minimum atomic E-state index is -0.353. The lowest BCUT2D eigenvalue weighted by molar-refractivity contribution is 0.543. The summed E-state index contributed by atoms with van der Waals surface area (Å²) >= 11 is 7.32. The highest BCUT2D eigenvalue weighted by atomic mass is 35.5. The Balaban J connectivity index is 2.09. The molecule has 0 bridgehead atoms. The molecule has 1 aromatic carbocycles. The Labute approximate surface area is 110 Å². The molecule has 1 unspecified atom stereocenters. The van der Waals surface area contributed by atoms with Crippen molar-refractivity contribution in [1.82, 2.24) is 0 Å². The maximum absolute atomic E-state index is 13.5. The van der Waals surface area contributed by atoms with Crippen LogP contribution in [0.5, 0.6) is 0 Å². The van der Waals surface area contributed by atoms with Crippen LogP contribution in [0.4, 0.5) is 10.1 Å². The van der Waals surface area contributed by atoms with E-state index in [2.05, 4.69) is 24.2 Å². The first kappa shape index (κ1) is 12.7. The molecule has 0 amide bonds. The zero-order valence-electron chi connectivity index (χ0n) is 9.71. The Kier molecular flexibility index (Phi) is 3.94. The van der Waals surface area contributed by atoms with E-state index in [9.17, 15) is 4.39 Å². The second-order valence-electron chi connectivity index (χ2n) is 4.31. The summed E-state index contributed by atoms with van der Waals surface area (Å²) in [5, 5.41) is 4.18. The van der Waals surface area contributed by atoms with Gasteiger partial charge in [-0.2, -0.15) is 0 Å². The number of anilines is 1. The summed E-state index contributed by atoms with van der Waals surface area (Å²) in [4.78, 5) is 4.52. The van der Waals surface area contributed by atoms with E-state index in [1.54, 1.807) is 23.9 Å². The number of aliphatic imine (C=N–C) groups is 1. The normalized spacial score (nSPS) is 19.6. The second kappa shape index (κ2) is 5.27. The minimum Gasteiger partial charge on any atom is -0.333 e. The van der Waals surface area contributed by atoms with Gasteiger partial charge in [-0.05, 0) is 24.1 Å². The van der Waals surface area contributed by atoms with Crippen molar-refractivity contribution in [3.63, 3.8) is 0 Å². The summed E-state index contributed by atoms with van der Waals surface area (Å²) in [7, 11) is 0. The van der Waals surface area contributed by atoms with Gasteiger partial charge in [-0.15, -0.1) is 0 Å². The number of hydrogen-bond acceptors (Lipinski definition) is 3. The van der Waals surface area contributed by atoms with Crippen LogP contribution in [0.15, 0.2) is 23.2 Å². The lowest BCUT2D eigenvalue weighted by atomic mass is 10.1. The van der Waals surface area contributed by atoms with Gasteiger partial charge in [-0.25, -0.2) is 4.39 Å². The molecule has 0 saturated carbocycles. The Morgan fingerprint density at radius 2 is 2.29 bits per heavy atom. The molecule has 0 saturated heterocycles. The molecule has 5 heteroatoms. The van der Waals surface area contributed by atoms with Crippen molar-refractivity contribution < 1.29 is 4.39 Å². The van der Waals surface area contributed by atoms with Crippen LogP contribution in [0.3, 0.4) is 0 Å². The van der Waals surface area contributed by atoms with Gasteiger partial charge in [-0.3, -0.25) is 4.99 Å². The van der Waals surface area contributed by atoms with Crippen LogP contribution >= 0.6 is 23.4 Å². The van der Waals surface area contributed by atoms with Gasteiger partial charge in [0.1, 0.15) is 5.82 Å². The molecule has 2 nitrogen and oxygen atoms in total. The van der Waals surface area contributed by atoms with Crippen molar-refractivity contribution in [1.29, 1.82) is 0 Å². The topological polar surface area (TPSA) is 24.4 Å². The maximum Gasteiger partial charge on any atom is 0.161 e. The van der Waals surface area contributed by atoms with E-state index < -0.39 is 0 Å². The van der Waals surface area contributed by atoms with Crippen molar-refractivity contribution in [3.8, 4) is 0 Å². The first-order valence-electron chi connectivity index (χ1n) is 5.49. The van der Waals surface area contributed by atoms with E-state index in [4.69, 9.17) is 11.6 Å². The highest BCUT2D eigenvalue weighted by Gasteiger charge is 2.21. The summed E-state index contributed by atoms with van der Waals surface area (Å²) < 4.78 is 13.5. The number of nitrogens with one attached hydrogen (secondary N) is 1. The van der Waals surface area contributed by atoms with Crippen molar-refractivity contribution in [2.24, 2.45) is 10.9 Å². The molecular formula is C12H14ClFN2S. The lowest BCUT2D eigenvalue weighted by Gasteiger charge is -2.08. The predicted molar refractivity (Wildman–Crippen MR) is 73.6 cm³/mol. The molecule has 1 atom stereocenters. The van der Waals surface area contributed by atoms with Gasteiger partial charge in [0.05, 0.1) is 11.7 Å². The largest absolute Gasteiger partial charge is 0.333 e. The molecule has 0 aliphatic carbocycles. The predicted octanol–water partition coefficient (Wildman–Crippen LogP) is 4.02. The molecular weight excluding hydrogens is 259 g/mol. The van der Waals surface area contributed by atoms with Crippen molar-refractivity contribution in [3.05, 3.63) is 29.0 Å². The molecule has 1 N–H and O–H groups in total. The fourth-order valence-electron chi connectivity index (χ4n) is 1.51. The van der Waals surface area contributed by atoms with Crippen molar-refractivity contribution >= 4 is 34.2 Å². The average Bonchev–Trinajstić information content (AvgIpc) is 2.71. The standard InChI is InChI=1S/C12H14ClFN2S/c1-7(2)11-6-17-12(16-11)15-10-4-3-8(13)5-9(10)14/h3-5,7,11H,6H2,1-2H3,(H,15,16). The molecule has 92 valence electrons. The van der Waals surface area contributed by atoms with Crippen LogP contribution in [0, 0.1) is 11.7 Å². The Bertz CT molecular complexity index is 448. The maximum atomic E-state index is 13.5. The summed E-state index contributed by atoms with van der Waals surface area (Å²) in [5.74, 6) is 1.11. The first-order valence-corrected chi connectivity index (χ1v) is 6.85. The van der Waals surface area contributed by atoms with Crippen molar-refractivity contribution in [2.45, 2.75) is 19.9 Å². The van der Waals surface area contributed by atoms with Gasteiger partial charge in [0, 0.05) is 10.8 Å². The SMILES string of the molecule is CC(C)C1CSC(Nc2ccc(Cl)cc2F)=N1. The summed E-state index contributed by atoms with van der Waals surface area (Å²) in [6.07, 6.45) is 0. The number of nitrogens with zero attached hydrogens (tertiary/aromatic N) is 1. The van der Waals surface area contributed by atoms with Crippen LogP contribution in [0.1, 0.15) is 13.8 Å². The minimum absolute atomic E-state index is 0.317. The zero-order valence-corrected chi connectivity index (χ0v) is 11.3. The number of rotatable bonds is 2. The fourth-order valence-corrected chi connectivity index (χ4v) is 2.84. The van der Waals surface area contributed by atoms with Crippen LogP contribution in [-0.2, 0) is 0 Å². The molecule has 1 aromatic rings. The van der Waals surface area contributed by atoms with Crippen molar-refractivity contribution in [2.75, 3.05) is 11.1 Å². The Hall–Kier alpha value is -0.740. The average molecular weight is 273 g/mol. The fraction of sp³-hybridized carbons (Fsp3) is 0.417. The van der Waals surface area contributed by atoms with E-state index in [0.717, 1.165) is 10.9 Å². The van der Waals surface area contributed by atoms with Gasteiger partial charge in [0.25, 0.3) is 0 Å². The monoisotopic (exact) mass is 272 g/mol. The van der Waals surface area contributed by atoms with E-state index in [1.807, 2.05) is 0 Å². The number of hydrogen-bond donors (Lipinski definition) is 1. The van der Waals surface area contributed by atoms with Crippen LogP contribution in [0.2, 0.25) is 5.02 Å². The second-order valence-corrected chi connectivity index (χ2v) is 5.75. The molecule has 0 radical (unpaired) electrons. The molecule has 2 rings (SSSR count). The number of amidine groups is 1. The van der Waals surface area contributed by atoms with Gasteiger partial charge < -0.3 is 5.32 Å². The van der Waals surface area contributed by atoms with E-state index in [-0.39, 0.29) is 5.82 Å². The lowest BCUT2D eigenvalue weighted by Crippen LogP contribution is -2.12. The van der Waals surface area contributed by atoms with Gasteiger partial charge in [-0.1, -0.05) is 37.2 Å². The van der Waals surface area contributed by atoms with Gasteiger partial charge in [0.15, 0.2) is 5.17 Å². The van der Waals surface area contributed by atoms with Crippen LogP contribution < -0.4 is 5.32 Å². The summed E-state index contributed by atoms with van der Waals surface area (Å²) in [6, 6.07) is 4.90. The number of halogens is 2. The smallest absolute Gasteiger partial charge is 0.161 e. The number of thioether (sulfide) groups is 1. The van der Waals surface area contributed by atoms with Gasteiger partial charge in [0.2, 0.25) is 0 Å². The molecule has 0 fully saturated rings. The van der Waals surface area contributed by atoms with Gasteiger partial charge >= 0.3 is 0 Å². The third kappa shape index (κ3) is 3.13. The summed E-state index contributed by atoms with van der Waals surface area (Å²) in [6.45, 7) is 4.28. The van der Waals surface area contributed by atoms with Crippen LogP contribution in [0.25, 0.3) is 0 Å². The Morgan fingerprint density at radius 3 is 2.88 bits per heavy atom. The van der Waals surface area contributed by atoms with E-state index in [0.29, 0.717) is 22.7 Å². The van der Waals surface area contributed by atoms with E-state index in [1.165, 1.54) is 6.07 Å². The van der Waals surface area contributed by atoms with Crippen LogP contribution in [-0.4, -0.2) is 17.0 Å². The molecule has 0 aromatic heterocycles. The third-order valence-corrected chi connectivity index (χ3v) is 3.84. The molecule has 17 heavy (non-hydrogen) atoms. The first-order chi connectivity index (χ1) is 8.06. The van der Waals surface area contributed by atoms with E-state index >= 15 is 0 Å². The highest BCUT2D eigenvalue weighted by Crippen LogP contribution is 2.26. The zero-order chi connectivity index (χ0) is 12.4. The number of benzene rings is 1. The quantitative estimate of drug-likeness (QED) is 0.879. The Morgan fingerprint density at radius 1 is 1.53 bits per heavy atom. The molecule has 1 aliphatic heterocycles. The summed E-state index contributed by atoms with van der Waals surface area (Å²) in [5.41, 5.74) is 0.421. The molecule has 0 spiro atoms.